The van der Waals surface area contributed by atoms with Gasteiger partial charge < -0.3 is 10.2 Å². The predicted octanol–water partition coefficient (Wildman–Crippen LogP) is 6.12. The van der Waals surface area contributed by atoms with Crippen molar-refractivity contribution >= 4 is 23.3 Å². The Morgan fingerprint density at radius 1 is 1.12 bits per heavy atom. The van der Waals surface area contributed by atoms with E-state index < -0.39 is 11.7 Å². The Bertz CT molecular complexity index is 777. The number of nitrogens with zero attached hydrogens (tertiary/aromatic N) is 1. The molecule has 1 saturated heterocycles. The van der Waals surface area contributed by atoms with E-state index in [2.05, 4.69) is 5.32 Å². The Balaban J connectivity index is 1.81. The number of likely N-dealkylation sites (tertiary alicyclic amines) is 1. The van der Waals surface area contributed by atoms with Crippen LogP contribution in [-0.2, 0) is 6.18 Å². The molecule has 26 heavy (non-hydrogen) atoms. The van der Waals surface area contributed by atoms with Crippen molar-refractivity contribution in [1.29, 1.82) is 0 Å². The molecule has 0 saturated carbocycles. The monoisotopic (exact) mass is 382 g/mol. The van der Waals surface area contributed by atoms with Crippen LogP contribution in [0.25, 0.3) is 0 Å². The van der Waals surface area contributed by atoms with Gasteiger partial charge in [0.05, 0.1) is 11.6 Å². The Hall–Kier alpha value is -2.21. The number of carbonyl (C=O) groups is 1. The van der Waals surface area contributed by atoms with E-state index in [0.29, 0.717) is 29.2 Å². The summed E-state index contributed by atoms with van der Waals surface area (Å²) < 4.78 is 39.0. The minimum Gasteiger partial charge on any atom is -0.317 e. The van der Waals surface area contributed by atoms with E-state index in [1.54, 1.807) is 35.2 Å². The first-order chi connectivity index (χ1) is 12.3. The molecule has 7 heteroatoms. The van der Waals surface area contributed by atoms with Crippen molar-refractivity contribution in [1.82, 2.24) is 4.90 Å². The Morgan fingerprint density at radius 3 is 2.54 bits per heavy atom. The highest BCUT2D eigenvalue weighted by molar-refractivity contribution is 6.30. The van der Waals surface area contributed by atoms with Crippen molar-refractivity contribution < 1.29 is 18.0 Å². The summed E-state index contributed by atoms with van der Waals surface area (Å²) in [5.41, 5.74) is 0.400. The van der Waals surface area contributed by atoms with E-state index in [1.807, 2.05) is 0 Å². The maximum Gasteiger partial charge on any atom is 0.416 e. The zero-order valence-corrected chi connectivity index (χ0v) is 14.6. The number of anilines is 1. The minimum absolute atomic E-state index is 0.325. The lowest BCUT2D eigenvalue weighted by Gasteiger charge is -2.36. The van der Waals surface area contributed by atoms with Crippen LogP contribution in [-0.4, -0.2) is 17.5 Å². The average molecular weight is 383 g/mol. The molecule has 3 nitrogen and oxygen atoms in total. The summed E-state index contributed by atoms with van der Waals surface area (Å²) in [5, 5.41) is 3.35. The van der Waals surface area contributed by atoms with Crippen LogP contribution >= 0.6 is 11.6 Å². The van der Waals surface area contributed by atoms with Crippen molar-refractivity contribution in [3.05, 3.63) is 64.7 Å². The number of rotatable bonds is 2. The molecule has 1 aliphatic rings. The van der Waals surface area contributed by atoms with Crippen LogP contribution < -0.4 is 5.32 Å². The summed E-state index contributed by atoms with van der Waals surface area (Å²) in [7, 11) is 0. The lowest BCUT2D eigenvalue weighted by molar-refractivity contribution is -0.137. The van der Waals surface area contributed by atoms with Gasteiger partial charge in [0.25, 0.3) is 0 Å². The first-order valence-electron chi connectivity index (χ1n) is 8.35. The first kappa shape index (κ1) is 18.6. The van der Waals surface area contributed by atoms with E-state index in [9.17, 15) is 18.0 Å². The molecule has 2 aromatic carbocycles. The number of alkyl halides is 3. The summed E-state index contributed by atoms with van der Waals surface area (Å²) in [4.78, 5) is 14.3. The highest BCUT2D eigenvalue weighted by Crippen LogP contribution is 2.35. The lowest BCUT2D eigenvalue weighted by atomic mass is 9.94. The molecule has 138 valence electrons. The van der Waals surface area contributed by atoms with Crippen LogP contribution in [0.15, 0.2) is 48.5 Å². The zero-order chi connectivity index (χ0) is 18.7. The molecule has 2 amide bonds. The normalized spacial score (nSPS) is 17.8. The SMILES string of the molecule is O=C(Nc1ccc(Cl)cc1)N1CCCCC1c1cccc(C(F)(F)F)c1. The van der Waals surface area contributed by atoms with Crippen LogP contribution in [0.2, 0.25) is 5.02 Å². The molecular formula is C19H18ClF3N2O. The van der Waals surface area contributed by atoms with Gasteiger partial charge in [-0.05, 0) is 61.2 Å². The third-order valence-corrected chi connectivity index (χ3v) is 4.71. The number of hydrogen-bond donors (Lipinski definition) is 1. The summed E-state index contributed by atoms with van der Waals surface area (Å²) in [6.07, 6.45) is -2.08. The third kappa shape index (κ3) is 4.30. The molecule has 1 aliphatic heterocycles. The van der Waals surface area contributed by atoms with Gasteiger partial charge in [-0.2, -0.15) is 13.2 Å². The fourth-order valence-corrected chi connectivity index (χ4v) is 3.30. The lowest BCUT2D eigenvalue weighted by Crippen LogP contribution is -2.41. The number of carbonyl (C=O) groups excluding carboxylic acids is 1. The van der Waals surface area contributed by atoms with Gasteiger partial charge in [-0.1, -0.05) is 23.7 Å². The predicted molar refractivity (Wildman–Crippen MR) is 95.2 cm³/mol. The number of benzene rings is 2. The number of piperidine rings is 1. The van der Waals surface area contributed by atoms with Gasteiger partial charge in [-0.15, -0.1) is 0 Å². The van der Waals surface area contributed by atoms with E-state index in [0.717, 1.165) is 25.0 Å². The first-order valence-corrected chi connectivity index (χ1v) is 8.73. The number of amides is 2. The molecule has 0 bridgehead atoms. The second kappa shape index (κ2) is 7.58. The molecular weight excluding hydrogens is 365 g/mol. The molecule has 0 radical (unpaired) electrons. The minimum atomic E-state index is -4.40. The highest BCUT2D eigenvalue weighted by Gasteiger charge is 2.33. The molecule has 1 atom stereocenters. The van der Waals surface area contributed by atoms with Gasteiger partial charge in [0.2, 0.25) is 0 Å². The summed E-state index contributed by atoms with van der Waals surface area (Å²) in [6, 6.07) is 11.2. The van der Waals surface area contributed by atoms with Gasteiger partial charge in [-0.25, -0.2) is 4.79 Å². The quantitative estimate of drug-likeness (QED) is 0.666. The molecule has 0 spiro atoms. The smallest absolute Gasteiger partial charge is 0.317 e. The van der Waals surface area contributed by atoms with E-state index in [-0.39, 0.29) is 12.1 Å². The van der Waals surface area contributed by atoms with Crippen LogP contribution in [0.1, 0.15) is 36.4 Å². The van der Waals surface area contributed by atoms with Crippen molar-refractivity contribution in [2.45, 2.75) is 31.5 Å². The molecule has 2 aromatic rings. The maximum absolute atomic E-state index is 13.0. The van der Waals surface area contributed by atoms with E-state index in [1.165, 1.54) is 6.07 Å². The molecule has 1 fully saturated rings. The van der Waals surface area contributed by atoms with Crippen LogP contribution in [0, 0.1) is 0 Å². The summed E-state index contributed by atoms with van der Waals surface area (Å²) >= 11 is 5.84. The second-order valence-electron chi connectivity index (χ2n) is 6.27. The van der Waals surface area contributed by atoms with Gasteiger partial charge in [0.15, 0.2) is 0 Å². The fourth-order valence-electron chi connectivity index (χ4n) is 3.17. The second-order valence-corrected chi connectivity index (χ2v) is 6.70. The molecule has 0 aliphatic carbocycles. The standard InChI is InChI=1S/C19H18ClF3N2O/c20-15-7-9-16(10-8-15)24-18(26)25-11-2-1-6-17(25)13-4-3-5-14(12-13)19(21,22)23/h3-5,7-10,12,17H,1-2,6,11H2,(H,24,26). The van der Waals surface area contributed by atoms with Crippen LogP contribution in [0.3, 0.4) is 0 Å². The number of hydrogen-bond acceptors (Lipinski definition) is 1. The Morgan fingerprint density at radius 2 is 1.85 bits per heavy atom. The Labute approximate surface area is 154 Å². The van der Waals surface area contributed by atoms with Gasteiger partial charge in [0.1, 0.15) is 0 Å². The molecule has 1 N–H and O–H groups in total. The van der Waals surface area contributed by atoms with Crippen molar-refractivity contribution in [3.63, 3.8) is 0 Å². The summed E-state index contributed by atoms with van der Waals surface area (Å²) in [5.74, 6) is 0. The zero-order valence-electron chi connectivity index (χ0n) is 13.9. The van der Waals surface area contributed by atoms with Crippen molar-refractivity contribution in [3.8, 4) is 0 Å². The Kier molecular flexibility index (Phi) is 5.41. The van der Waals surface area contributed by atoms with E-state index in [4.69, 9.17) is 11.6 Å². The summed E-state index contributed by atoms with van der Waals surface area (Å²) in [6.45, 7) is 0.500. The maximum atomic E-state index is 13.0. The van der Waals surface area contributed by atoms with Gasteiger partial charge in [-0.3, -0.25) is 0 Å². The van der Waals surface area contributed by atoms with Crippen molar-refractivity contribution in [2.24, 2.45) is 0 Å². The van der Waals surface area contributed by atoms with Gasteiger partial charge in [0, 0.05) is 17.3 Å². The van der Waals surface area contributed by atoms with Gasteiger partial charge >= 0.3 is 12.2 Å². The number of urea groups is 1. The molecule has 3 rings (SSSR count). The third-order valence-electron chi connectivity index (χ3n) is 4.46. The highest BCUT2D eigenvalue weighted by atomic mass is 35.5. The van der Waals surface area contributed by atoms with Crippen molar-refractivity contribution in [2.75, 3.05) is 11.9 Å². The number of nitrogens with one attached hydrogen (secondary N) is 1. The largest absolute Gasteiger partial charge is 0.416 e. The molecule has 0 aromatic heterocycles. The average Bonchev–Trinajstić information content (AvgIpc) is 2.63. The molecule has 1 unspecified atom stereocenters. The molecule has 1 heterocycles. The van der Waals surface area contributed by atoms with Crippen LogP contribution in [0.4, 0.5) is 23.7 Å². The topological polar surface area (TPSA) is 32.3 Å². The van der Waals surface area contributed by atoms with Crippen LogP contribution in [0.5, 0.6) is 0 Å². The van der Waals surface area contributed by atoms with E-state index >= 15 is 0 Å². The number of halogens is 4. The fraction of sp³-hybridized carbons (Fsp3) is 0.316.